The van der Waals surface area contributed by atoms with Crippen molar-refractivity contribution < 1.29 is 19.5 Å². The summed E-state index contributed by atoms with van der Waals surface area (Å²) in [6.07, 6.45) is 0.774. The molecule has 1 fully saturated rings. The first kappa shape index (κ1) is 12.5. The lowest BCUT2D eigenvalue weighted by atomic mass is 10.1. The second kappa shape index (κ2) is 4.96. The lowest BCUT2D eigenvalue weighted by Crippen LogP contribution is -2.49. The maximum absolute atomic E-state index is 11.9. The molecule has 0 aliphatic carbocycles. The molecule has 2 N–H and O–H groups in total. The summed E-state index contributed by atoms with van der Waals surface area (Å²) in [5.41, 5.74) is 0. The summed E-state index contributed by atoms with van der Waals surface area (Å²) >= 11 is 0. The summed E-state index contributed by atoms with van der Waals surface area (Å²) in [6, 6.07) is -0.754. The fourth-order valence-electron chi connectivity index (χ4n) is 1.66. The fourth-order valence-corrected chi connectivity index (χ4v) is 1.66. The summed E-state index contributed by atoms with van der Waals surface area (Å²) in [6.45, 7) is 3.16. The minimum absolute atomic E-state index is 0.155. The topological polar surface area (TPSA) is 86.7 Å². The van der Waals surface area contributed by atoms with Crippen molar-refractivity contribution in [1.29, 1.82) is 0 Å². The number of rotatable bonds is 4. The van der Waals surface area contributed by atoms with Crippen molar-refractivity contribution in [3.05, 3.63) is 0 Å². The molecule has 1 atom stereocenters. The molecule has 6 nitrogen and oxygen atoms in total. The van der Waals surface area contributed by atoms with E-state index in [1.165, 1.54) is 4.90 Å². The van der Waals surface area contributed by atoms with Gasteiger partial charge in [0.1, 0.15) is 12.6 Å². The van der Waals surface area contributed by atoms with E-state index in [0.717, 1.165) is 0 Å². The molecule has 0 aromatic rings. The van der Waals surface area contributed by atoms with Gasteiger partial charge in [-0.2, -0.15) is 0 Å². The van der Waals surface area contributed by atoms with Crippen LogP contribution in [0, 0.1) is 0 Å². The van der Waals surface area contributed by atoms with Crippen LogP contribution in [0.3, 0.4) is 0 Å². The molecule has 0 unspecified atom stereocenters. The third-order valence-electron chi connectivity index (χ3n) is 2.51. The smallest absolute Gasteiger partial charge is 0.323 e. The highest BCUT2D eigenvalue weighted by Gasteiger charge is 2.32. The van der Waals surface area contributed by atoms with E-state index in [0.29, 0.717) is 12.8 Å². The Bertz CT molecular complexity index is 314. The average Bonchev–Trinajstić information content (AvgIpc) is 2.59. The molecule has 0 spiro atoms. The number of carboxylic acid groups (broad SMARTS) is 1. The monoisotopic (exact) mass is 228 g/mol. The van der Waals surface area contributed by atoms with Crippen LogP contribution >= 0.6 is 0 Å². The highest BCUT2D eigenvalue weighted by Crippen LogP contribution is 2.11. The normalized spacial score (nSPS) is 19.7. The van der Waals surface area contributed by atoms with Crippen LogP contribution in [0.5, 0.6) is 0 Å². The zero-order chi connectivity index (χ0) is 12.3. The molecule has 6 heteroatoms. The summed E-state index contributed by atoms with van der Waals surface area (Å²) in [5.74, 6) is -1.52. The quantitative estimate of drug-likeness (QED) is 0.684. The Morgan fingerprint density at radius 2 is 2.19 bits per heavy atom. The molecule has 1 aliphatic heterocycles. The van der Waals surface area contributed by atoms with Crippen molar-refractivity contribution in [1.82, 2.24) is 10.2 Å². The summed E-state index contributed by atoms with van der Waals surface area (Å²) in [4.78, 5) is 34.8. The molecule has 0 bridgehead atoms. The van der Waals surface area contributed by atoms with Crippen LogP contribution in [0.15, 0.2) is 0 Å². The van der Waals surface area contributed by atoms with Gasteiger partial charge in [0.05, 0.1) is 0 Å². The van der Waals surface area contributed by atoms with Gasteiger partial charge in [-0.15, -0.1) is 0 Å². The van der Waals surface area contributed by atoms with Crippen molar-refractivity contribution >= 4 is 17.8 Å². The van der Waals surface area contributed by atoms with E-state index in [1.807, 2.05) is 0 Å². The standard InChI is InChI=1S/C10H16N2O4/c1-6(2)12(5-9(14)15)10(16)7-3-4-8(13)11-7/h6-7H,3-5H2,1-2H3,(H,11,13)(H,14,15)/t7-/m1/s1. The minimum Gasteiger partial charge on any atom is -0.480 e. The maximum Gasteiger partial charge on any atom is 0.323 e. The molecular weight excluding hydrogens is 212 g/mol. The van der Waals surface area contributed by atoms with Crippen LogP contribution in [0.2, 0.25) is 0 Å². The first-order valence-electron chi connectivity index (χ1n) is 5.23. The Kier molecular flexibility index (Phi) is 3.87. The van der Waals surface area contributed by atoms with Gasteiger partial charge >= 0.3 is 5.97 Å². The molecular formula is C10H16N2O4. The van der Waals surface area contributed by atoms with E-state index >= 15 is 0 Å². The van der Waals surface area contributed by atoms with Gasteiger partial charge in [0.2, 0.25) is 11.8 Å². The largest absolute Gasteiger partial charge is 0.480 e. The molecule has 1 aliphatic rings. The molecule has 16 heavy (non-hydrogen) atoms. The number of aliphatic carboxylic acids is 1. The van der Waals surface area contributed by atoms with Crippen molar-refractivity contribution in [3.63, 3.8) is 0 Å². The molecule has 2 amide bonds. The second-order valence-corrected chi connectivity index (χ2v) is 4.11. The van der Waals surface area contributed by atoms with Gasteiger partial charge in [0, 0.05) is 12.5 Å². The van der Waals surface area contributed by atoms with Crippen molar-refractivity contribution in [3.8, 4) is 0 Å². The van der Waals surface area contributed by atoms with Crippen LogP contribution in [0.1, 0.15) is 26.7 Å². The molecule has 1 rings (SSSR count). The molecule has 0 aromatic heterocycles. The van der Waals surface area contributed by atoms with Gasteiger partial charge in [-0.05, 0) is 20.3 Å². The van der Waals surface area contributed by atoms with E-state index in [2.05, 4.69) is 5.32 Å². The first-order chi connectivity index (χ1) is 7.41. The number of carbonyl (C=O) groups is 3. The van der Waals surface area contributed by atoms with Crippen molar-refractivity contribution in [2.24, 2.45) is 0 Å². The van der Waals surface area contributed by atoms with Gasteiger partial charge in [0.15, 0.2) is 0 Å². The van der Waals surface area contributed by atoms with E-state index in [9.17, 15) is 14.4 Å². The van der Waals surface area contributed by atoms with E-state index in [4.69, 9.17) is 5.11 Å². The number of carboxylic acids is 1. The van der Waals surface area contributed by atoms with Gasteiger partial charge < -0.3 is 15.3 Å². The van der Waals surface area contributed by atoms with Gasteiger partial charge in [-0.1, -0.05) is 0 Å². The minimum atomic E-state index is -1.05. The third-order valence-corrected chi connectivity index (χ3v) is 2.51. The number of amides is 2. The Morgan fingerprint density at radius 1 is 1.56 bits per heavy atom. The lowest BCUT2D eigenvalue weighted by molar-refractivity contribution is -0.146. The molecule has 0 aromatic carbocycles. The van der Waals surface area contributed by atoms with Gasteiger partial charge in [-0.25, -0.2) is 0 Å². The Labute approximate surface area is 93.6 Å². The van der Waals surface area contributed by atoms with Crippen molar-refractivity contribution in [2.75, 3.05) is 6.54 Å². The highest BCUT2D eigenvalue weighted by atomic mass is 16.4. The number of carbonyl (C=O) groups excluding carboxylic acids is 2. The highest BCUT2D eigenvalue weighted by molar-refractivity contribution is 5.92. The predicted molar refractivity (Wildman–Crippen MR) is 55.6 cm³/mol. The molecule has 90 valence electrons. The molecule has 1 saturated heterocycles. The Balaban J connectivity index is 2.67. The van der Waals surface area contributed by atoms with Crippen LogP contribution in [0.4, 0.5) is 0 Å². The summed E-state index contributed by atoms with van der Waals surface area (Å²) < 4.78 is 0. The lowest BCUT2D eigenvalue weighted by Gasteiger charge is -2.27. The van der Waals surface area contributed by atoms with E-state index < -0.39 is 12.0 Å². The van der Waals surface area contributed by atoms with E-state index in [1.54, 1.807) is 13.8 Å². The molecule has 1 heterocycles. The fraction of sp³-hybridized carbons (Fsp3) is 0.700. The molecule has 0 radical (unpaired) electrons. The van der Waals surface area contributed by atoms with E-state index in [-0.39, 0.29) is 24.4 Å². The van der Waals surface area contributed by atoms with Crippen molar-refractivity contribution in [2.45, 2.75) is 38.8 Å². The first-order valence-corrected chi connectivity index (χ1v) is 5.23. The van der Waals surface area contributed by atoms with Crippen LogP contribution in [-0.4, -0.2) is 46.4 Å². The Hall–Kier alpha value is -1.59. The third kappa shape index (κ3) is 2.95. The van der Waals surface area contributed by atoms with Gasteiger partial charge in [-0.3, -0.25) is 14.4 Å². The second-order valence-electron chi connectivity index (χ2n) is 4.11. The summed E-state index contributed by atoms with van der Waals surface area (Å²) in [5, 5.41) is 11.2. The maximum atomic E-state index is 11.9. The Morgan fingerprint density at radius 3 is 2.56 bits per heavy atom. The number of nitrogens with one attached hydrogen (secondary N) is 1. The van der Waals surface area contributed by atoms with Crippen LogP contribution < -0.4 is 5.32 Å². The predicted octanol–water partition coefficient (Wildman–Crippen LogP) is -0.413. The van der Waals surface area contributed by atoms with Crippen LogP contribution in [0.25, 0.3) is 0 Å². The number of hydrogen-bond donors (Lipinski definition) is 2. The zero-order valence-corrected chi connectivity index (χ0v) is 9.40. The SMILES string of the molecule is CC(C)N(CC(=O)O)C(=O)[C@H]1CCC(=O)N1. The molecule has 0 saturated carbocycles. The zero-order valence-electron chi connectivity index (χ0n) is 9.40. The summed E-state index contributed by atoms with van der Waals surface area (Å²) in [7, 11) is 0. The number of nitrogens with zero attached hydrogens (tertiary/aromatic N) is 1. The van der Waals surface area contributed by atoms with Gasteiger partial charge in [0.25, 0.3) is 0 Å². The van der Waals surface area contributed by atoms with Crippen LogP contribution in [-0.2, 0) is 14.4 Å². The average molecular weight is 228 g/mol. The number of hydrogen-bond acceptors (Lipinski definition) is 3.